The highest BCUT2D eigenvalue weighted by molar-refractivity contribution is 5.69. The average Bonchev–Trinajstić information content (AvgIpc) is 2.03. The van der Waals surface area contributed by atoms with Crippen molar-refractivity contribution in [1.29, 1.82) is 0 Å². The molecule has 0 aliphatic carbocycles. The van der Waals surface area contributed by atoms with E-state index in [9.17, 15) is 9.90 Å². The summed E-state index contributed by atoms with van der Waals surface area (Å²) in [7, 11) is 0. The molecule has 13 heavy (non-hydrogen) atoms. The first-order valence-corrected chi connectivity index (χ1v) is 4.42. The summed E-state index contributed by atoms with van der Waals surface area (Å²) >= 11 is 0. The first-order chi connectivity index (χ1) is 6.06. The van der Waals surface area contributed by atoms with Crippen molar-refractivity contribution in [3.8, 4) is 0 Å². The average molecular weight is 188 g/mol. The van der Waals surface area contributed by atoms with Crippen molar-refractivity contribution in [2.24, 2.45) is 5.73 Å². The zero-order valence-corrected chi connectivity index (χ0v) is 7.57. The van der Waals surface area contributed by atoms with Crippen LogP contribution in [0.3, 0.4) is 0 Å². The van der Waals surface area contributed by atoms with Gasteiger partial charge >= 0.3 is 5.97 Å². The second kappa shape index (κ2) is 4.04. The van der Waals surface area contributed by atoms with Crippen LogP contribution in [0.25, 0.3) is 0 Å². The Morgan fingerprint density at radius 1 is 1.62 bits per heavy atom. The predicted molar refractivity (Wildman–Crippen MR) is 47.3 cm³/mol. The van der Waals surface area contributed by atoms with E-state index in [2.05, 4.69) is 0 Å². The van der Waals surface area contributed by atoms with E-state index in [4.69, 9.17) is 10.8 Å². The number of carboxylic acids is 1. The van der Waals surface area contributed by atoms with Gasteiger partial charge in [0.1, 0.15) is 0 Å². The Morgan fingerprint density at radius 3 is 2.85 bits per heavy atom. The van der Waals surface area contributed by atoms with Crippen LogP contribution < -0.4 is 5.73 Å². The van der Waals surface area contributed by atoms with Crippen LogP contribution >= 0.6 is 0 Å². The number of nitrogens with zero attached hydrogens (tertiary/aromatic N) is 1. The third-order valence-electron chi connectivity index (χ3n) is 2.37. The molecule has 0 bridgehead atoms. The van der Waals surface area contributed by atoms with Gasteiger partial charge in [0, 0.05) is 13.1 Å². The summed E-state index contributed by atoms with van der Waals surface area (Å²) in [6, 6.07) is 0. The molecule has 1 aliphatic heterocycles. The summed E-state index contributed by atoms with van der Waals surface area (Å²) < 4.78 is 0. The van der Waals surface area contributed by atoms with Crippen molar-refractivity contribution in [2.75, 3.05) is 26.2 Å². The molecule has 1 heterocycles. The van der Waals surface area contributed by atoms with Crippen molar-refractivity contribution in [3.63, 3.8) is 0 Å². The van der Waals surface area contributed by atoms with Gasteiger partial charge in [-0.2, -0.15) is 0 Å². The highest BCUT2D eigenvalue weighted by Crippen LogP contribution is 2.19. The van der Waals surface area contributed by atoms with Crippen LogP contribution in [0.5, 0.6) is 0 Å². The molecular weight excluding hydrogens is 172 g/mol. The quantitative estimate of drug-likeness (QED) is 0.521. The van der Waals surface area contributed by atoms with Gasteiger partial charge in [-0.15, -0.1) is 0 Å². The van der Waals surface area contributed by atoms with E-state index in [1.165, 1.54) is 0 Å². The maximum Gasteiger partial charge on any atom is 0.317 e. The molecule has 76 valence electrons. The molecule has 0 aromatic rings. The molecular formula is C8H16N2O3. The minimum atomic E-state index is -0.881. The van der Waals surface area contributed by atoms with Crippen LogP contribution in [0.1, 0.15) is 12.8 Å². The van der Waals surface area contributed by atoms with Gasteiger partial charge in [-0.1, -0.05) is 0 Å². The summed E-state index contributed by atoms with van der Waals surface area (Å²) in [6.45, 7) is 1.29. The van der Waals surface area contributed by atoms with E-state index < -0.39 is 11.6 Å². The maximum atomic E-state index is 10.4. The van der Waals surface area contributed by atoms with Gasteiger partial charge in [-0.25, -0.2) is 0 Å². The van der Waals surface area contributed by atoms with Gasteiger partial charge in [-0.05, 0) is 19.4 Å². The number of piperidine rings is 1. The van der Waals surface area contributed by atoms with Crippen molar-refractivity contribution in [1.82, 2.24) is 4.90 Å². The summed E-state index contributed by atoms with van der Waals surface area (Å²) in [6.07, 6.45) is 1.47. The molecule has 1 fully saturated rings. The highest BCUT2D eigenvalue weighted by Gasteiger charge is 2.32. The molecule has 0 aromatic heterocycles. The molecule has 1 rings (SSSR count). The fourth-order valence-electron chi connectivity index (χ4n) is 1.70. The summed E-state index contributed by atoms with van der Waals surface area (Å²) in [5.74, 6) is -0.860. The van der Waals surface area contributed by atoms with E-state index in [1.807, 2.05) is 0 Å². The first-order valence-electron chi connectivity index (χ1n) is 4.42. The normalized spacial score (nSPS) is 30.3. The number of β-amino-alcohol motifs (C(OH)–C–C–N with tert-alkyl or cyclic N) is 1. The lowest BCUT2D eigenvalue weighted by molar-refractivity contribution is -0.139. The van der Waals surface area contributed by atoms with E-state index in [0.717, 1.165) is 13.0 Å². The number of nitrogens with two attached hydrogens (primary N) is 1. The number of likely N-dealkylation sites (tertiary alicyclic amines) is 1. The molecule has 1 saturated heterocycles. The van der Waals surface area contributed by atoms with Crippen LogP contribution in [-0.4, -0.2) is 52.9 Å². The number of hydrogen-bond donors (Lipinski definition) is 3. The van der Waals surface area contributed by atoms with Crippen molar-refractivity contribution < 1.29 is 15.0 Å². The lowest BCUT2D eigenvalue weighted by Crippen LogP contribution is -2.53. The molecule has 1 aliphatic rings. The second-order valence-electron chi connectivity index (χ2n) is 3.64. The standard InChI is InChI=1S/C8H16N2O3/c9-5-8(13)2-1-3-10(6-8)4-7(11)12/h13H,1-6,9H2,(H,11,12). The van der Waals surface area contributed by atoms with Gasteiger partial charge < -0.3 is 15.9 Å². The van der Waals surface area contributed by atoms with Crippen LogP contribution in [0.4, 0.5) is 0 Å². The minimum absolute atomic E-state index is 0.0116. The van der Waals surface area contributed by atoms with Crippen molar-refractivity contribution in [3.05, 3.63) is 0 Å². The predicted octanol–water partition coefficient (Wildman–Crippen LogP) is -1.14. The topological polar surface area (TPSA) is 86.8 Å². The third kappa shape index (κ3) is 2.95. The Kier molecular flexibility index (Phi) is 3.24. The monoisotopic (exact) mass is 188 g/mol. The van der Waals surface area contributed by atoms with Crippen LogP contribution in [0, 0.1) is 0 Å². The molecule has 5 nitrogen and oxygen atoms in total. The SMILES string of the molecule is NCC1(O)CCCN(CC(=O)O)C1. The highest BCUT2D eigenvalue weighted by atomic mass is 16.4. The van der Waals surface area contributed by atoms with Gasteiger partial charge in [0.25, 0.3) is 0 Å². The Labute approximate surface area is 77.1 Å². The van der Waals surface area contributed by atoms with Gasteiger partial charge in [0.05, 0.1) is 12.1 Å². The zero-order chi connectivity index (χ0) is 9.90. The first kappa shape index (κ1) is 10.4. The summed E-state index contributed by atoms with van der Waals surface area (Å²) in [4.78, 5) is 12.1. The Morgan fingerprint density at radius 2 is 2.31 bits per heavy atom. The second-order valence-corrected chi connectivity index (χ2v) is 3.64. The van der Waals surface area contributed by atoms with E-state index in [-0.39, 0.29) is 13.1 Å². The van der Waals surface area contributed by atoms with Gasteiger partial charge in [-0.3, -0.25) is 9.69 Å². The smallest absolute Gasteiger partial charge is 0.317 e. The Balaban J connectivity index is 2.46. The van der Waals surface area contributed by atoms with Crippen molar-refractivity contribution in [2.45, 2.75) is 18.4 Å². The number of aliphatic carboxylic acids is 1. The molecule has 0 saturated carbocycles. The summed E-state index contributed by atoms with van der Waals surface area (Å²) in [5.41, 5.74) is 4.53. The number of hydrogen-bond acceptors (Lipinski definition) is 4. The molecule has 1 unspecified atom stereocenters. The Hall–Kier alpha value is -0.650. The minimum Gasteiger partial charge on any atom is -0.480 e. The fraction of sp³-hybridized carbons (Fsp3) is 0.875. The van der Waals surface area contributed by atoms with E-state index in [0.29, 0.717) is 13.0 Å². The largest absolute Gasteiger partial charge is 0.480 e. The number of rotatable bonds is 3. The molecule has 0 spiro atoms. The van der Waals surface area contributed by atoms with Gasteiger partial charge in [0.2, 0.25) is 0 Å². The molecule has 0 radical (unpaired) electrons. The Bertz CT molecular complexity index is 198. The number of carbonyl (C=O) groups is 1. The molecule has 0 amide bonds. The molecule has 1 atom stereocenters. The molecule has 5 heteroatoms. The van der Waals surface area contributed by atoms with Crippen LogP contribution in [-0.2, 0) is 4.79 Å². The maximum absolute atomic E-state index is 10.4. The lowest BCUT2D eigenvalue weighted by Gasteiger charge is -2.37. The van der Waals surface area contributed by atoms with Crippen LogP contribution in [0.15, 0.2) is 0 Å². The molecule has 4 N–H and O–H groups in total. The van der Waals surface area contributed by atoms with Crippen molar-refractivity contribution >= 4 is 5.97 Å². The van der Waals surface area contributed by atoms with Crippen LogP contribution in [0.2, 0.25) is 0 Å². The number of aliphatic hydroxyl groups is 1. The number of carboxylic acid groups (broad SMARTS) is 1. The zero-order valence-electron chi connectivity index (χ0n) is 7.57. The van der Waals surface area contributed by atoms with Gasteiger partial charge in [0.15, 0.2) is 0 Å². The fourth-order valence-corrected chi connectivity index (χ4v) is 1.70. The third-order valence-corrected chi connectivity index (χ3v) is 2.37. The van der Waals surface area contributed by atoms with E-state index in [1.54, 1.807) is 4.90 Å². The summed E-state index contributed by atoms with van der Waals surface area (Å²) in [5, 5.41) is 18.4. The van der Waals surface area contributed by atoms with E-state index >= 15 is 0 Å². The molecule has 0 aromatic carbocycles. The lowest BCUT2D eigenvalue weighted by atomic mass is 9.93.